The molecule has 1 amide bonds. The first-order valence-corrected chi connectivity index (χ1v) is 13.4. The Morgan fingerprint density at radius 1 is 0.917 bits per heavy atom. The van der Waals surface area contributed by atoms with E-state index in [0.29, 0.717) is 37.1 Å². The third kappa shape index (κ3) is 10.5. The van der Waals surface area contributed by atoms with Crippen molar-refractivity contribution in [3.05, 3.63) is 65.7 Å². The number of ketones is 1. The van der Waals surface area contributed by atoms with Crippen molar-refractivity contribution in [2.24, 2.45) is 0 Å². The van der Waals surface area contributed by atoms with Crippen LogP contribution < -0.4 is 15.4 Å². The van der Waals surface area contributed by atoms with E-state index in [4.69, 9.17) is 4.74 Å². The number of nitrogens with one attached hydrogen (secondary N) is 2. The number of benzene rings is 2. The standard InChI is InChI=1S/C30H45N3O3/c1-6-18-31-19-10-13-29(34)28(32-30(35)26-11-8-7-9-12-26)22-25-14-16-27(17-15-25)36-21-20-33(23(2)3)24(4)5/h7-9,11-12,14-17,23-24,28,31H,6,10,13,18-22H2,1-5H3,(H,32,35). The molecule has 1 atom stereocenters. The Morgan fingerprint density at radius 3 is 2.19 bits per heavy atom. The van der Waals surface area contributed by atoms with E-state index in [-0.39, 0.29) is 11.7 Å². The van der Waals surface area contributed by atoms with Crippen LogP contribution in [-0.2, 0) is 11.2 Å². The molecule has 0 fully saturated rings. The van der Waals surface area contributed by atoms with Gasteiger partial charge in [-0.1, -0.05) is 37.3 Å². The number of hydrogen-bond acceptors (Lipinski definition) is 5. The molecule has 0 aliphatic carbocycles. The molecule has 0 heterocycles. The minimum absolute atomic E-state index is 0.0559. The molecule has 2 rings (SSSR count). The predicted octanol–water partition coefficient (Wildman–Crippen LogP) is 4.87. The lowest BCUT2D eigenvalue weighted by Crippen LogP contribution is -2.42. The normalized spacial score (nSPS) is 12.2. The van der Waals surface area contributed by atoms with Crippen molar-refractivity contribution in [3.63, 3.8) is 0 Å². The highest BCUT2D eigenvalue weighted by molar-refractivity contribution is 5.98. The van der Waals surface area contributed by atoms with Gasteiger partial charge in [0.1, 0.15) is 12.4 Å². The molecule has 0 saturated carbocycles. The molecule has 198 valence electrons. The van der Waals surface area contributed by atoms with Crippen LogP contribution in [0.5, 0.6) is 5.75 Å². The molecule has 0 aliphatic heterocycles. The van der Waals surface area contributed by atoms with E-state index in [1.165, 1.54) is 0 Å². The Bertz CT molecular complexity index is 889. The number of rotatable bonds is 17. The maximum atomic E-state index is 13.1. The number of ether oxygens (including phenoxy) is 1. The van der Waals surface area contributed by atoms with E-state index in [0.717, 1.165) is 43.8 Å². The van der Waals surface area contributed by atoms with E-state index in [1.54, 1.807) is 12.1 Å². The zero-order chi connectivity index (χ0) is 26.3. The highest BCUT2D eigenvalue weighted by Gasteiger charge is 2.21. The Hall–Kier alpha value is -2.70. The van der Waals surface area contributed by atoms with Gasteiger partial charge in [-0.15, -0.1) is 0 Å². The van der Waals surface area contributed by atoms with Crippen molar-refractivity contribution in [2.45, 2.75) is 78.4 Å². The van der Waals surface area contributed by atoms with Gasteiger partial charge in [-0.2, -0.15) is 0 Å². The molecule has 0 aliphatic rings. The lowest BCUT2D eigenvalue weighted by atomic mass is 9.99. The fraction of sp³-hybridized carbons (Fsp3) is 0.533. The predicted molar refractivity (Wildman–Crippen MR) is 148 cm³/mol. The zero-order valence-electron chi connectivity index (χ0n) is 22.8. The van der Waals surface area contributed by atoms with Gasteiger partial charge in [0.2, 0.25) is 0 Å². The Labute approximate surface area is 217 Å². The Balaban J connectivity index is 1.98. The molecule has 1 unspecified atom stereocenters. The largest absolute Gasteiger partial charge is 0.492 e. The molecule has 2 aromatic rings. The fourth-order valence-electron chi connectivity index (χ4n) is 4.28. The van der Waals surface area contributed by atoms with Crippen LogP contribution in [0, 0.1) is 0 Å². The van der Waals surface area contributed by atoms with E-state index in [2.05, 4.69) is 50.2 Å². The smallest absolute Gasteiger partial charge is 0.251 e. The summed E-state index contributed by atoms with van der Waals surface area (Å²) in [7, 11) is 0. The summed E-state index contributed by atoms with van der Waals surface area (Å²) in [6.07, 6.45) is 2.71. The van der Waals surface area contributed by atoms with Crippen LogP contribution in [0.1, 0.15) is 69.8 Å². The molecule has 0 aromatic heterocycles. The topological polar surface area (TPSA) is 70.7 Å². The third-order valence-corrected chi connectivity index (χ3v) is 6.24. The maximum absolute atomic E-state index is 13.1. The average Bonchev–Trinajstić information content (AvgIpc) is 2.86. The first-order valence-electron chi connectivity index (χ1n) is 13.4. The molecule has 0 saturated heterocycles. The van der Waals surface area contributed by atoms with Crippen molar-refractivity contribution in [2.75, 3.05) is 26.2 Å². The summed E-state index contributed by atoms with van der Waals surface area (Å²) in [6, 6.07) is 17.3. The van der Waals surface area contributed by atoms with Crippen LogP contribution in [0.4, 0.5) is 0 Å². The van der Waals surface area contributed by atoms with Crippen molar-refractivity contribution in [3.8, 4) is 5.75 Å². The van der Waals surface area contributed by atoms with Crippen LogP contribution in [-0.4, -0.2) is 61.0 Å². The summed E-state index contributed by atoms with van der Waals surface area (Å²) in [4.78, 5) is 28.2. The van der Waals surface area contributed by atoms with Gasteiger partial charge in [0.05, 0.1) is 6.04 Å². The molecule has 0 radical (unpaired) electrons. The van der Waals surface area contributed by atoms with E-state index in [9.17, 15) is 9.59 Å². The van der Waals surface area contributed by atoms with E-state index >= 15 is 0 Å². The summed E-state index contributed by atoms with van der Waals surface area (Å²) in [5.41, 5.74) is 1.55. The second-order valence-electron chi connectivity index (χ2n) is 9.83. The molecule has 6 nitrogen and oxygen atoms in total. The van der Waals surface area contributed by atoms with E-state index < -0.39 is 6.04 Å². The quantitative estimate of drug-likeness (QED) is 0.306. The van der Waals surface area contributed by atoms with Crippen LogP contribution in [0.25, 0.3) is 0 Å². The lowest BCUT2D eigenvalue weighted by molar-refractivity contribution is -0.121. The summed E-state index contributed by atoms with van der Waals surface area (Å²) in [6.45, 7) is 14.2. The highest BCUT2D eigenvalue weighted by atomic mass is 16.5. The second kappa shape index (κ2) is 16.1. The summed E-state index contributed by atoms with van der Waals surface area (Å²) >= 11 is 0. The molecule has 2 N–H and O–H groups in total. The summed E-state index contributed by atoms with van der Waals surface area (Å²) in [5.74, 6) is 0.641. The monoisotopic (exact) mass is 495 g/mol. The number of nitrogens with zero attached hydrogens (tertiary/aromatic N) is 1. The average molecular weight is 496 g/mol. The van der Waals surface area contributed by atoms with Gasteiger partial charge in [-0.25, -0.2) is 0 Å². The minimum atomic E-state index is -0.568. The molecule has 36 heavy (non-hydrogen) atoms. The molecule has 6 heteroatoms. The molecule has 0 bridgehead atoms. The molecule has 2 aromatic carbocycles. The number of carbonyl (C=O) groups excluding carboxylic acids is 2. The van der Waals surface area contributed by atoms with Gasteiger partial charge in [0, 0.05) is 30.6 Å². The maximum Gasteiger partial charge on any atom is 0.251 e. The minimum Gasteiger partial charge on any atom is -0.492 e. The Morgan fingerprint density at radius 2 is 1.58 bits per heavy atom. The van der Waals surface area contributed by atoms with Gasteiger partial charge in [0.25, 0.3) is 5.91 Å². The first-order chi connectivity index (χ1) is 17.3. The number of carbonyl (C=O) groups is 2. The van der Waals surface area contributed by atoms with E-state index in [1.807, 2.05) is 42.5 Å². The van der Waals surface area contributed by atoms with Crippen LogP contribution in [0.2, 0.25) is 0 Å². The summed E-state index contributed by atoms with van der Waals surface area (Å²) in [5, 5.41) is 6.30. The van der Waals surface area contributed by atoms with Gasteiger partial charge in [-0.3, -0.25) is 14.5 Å². The first kappa shape index (κ1) is 29.5. The van der Waals surface area contributed by atoms with Crippen LogP contribution in [0.15, 0.2) is 54.6 Å². The molecular formula is C30H45N3O3. The van der Waals surface area contributed by atoms with Crippen LogP contribution >= 0.6 is 0 Å². The van der Waals surface area contributed by atoms with Crippen LogP contribution in [0.3, 0.4) is 0 Å². The van der Waals surface area contributed by atoms with Gasteiger partial charge < -0.3 is 15.4 Å². The highest BCUT2D eigenvalue weighted by Crippen LogP contribution is 2.15. The SMILES string of the molecule is CCCNCCCC(=O)C(Cc1ccc(OCCN(C(C)C)C(C)C)cc1)NC(=O)c1ccccc1. The van der Waals surface area contributed by atoms with Gasteiger partial charge in [-0.05, 0) is 89.9 Å². The van der Waals surface area contributed by atoms with Crippen molar-refractivity contribution >= 4 is 11.7 Å². The molecular weight excluding hydrogens is 450 g/mol. The van der Waals surface area contributed by atoms with Gasteiger partial charge >= 0.3 is 0 Å². The summed E-state index contributed by atoms with van der Waals surface area (Å²) < 4.78 is 5.97. The second-order valence-corrected chi connectivity index (χ2v) is 9.83. The number of amides is 1. The fourth-order valence-corrected chi connectivity index (χ4v) is 4.28. The van der Waals surface area contributed by atoms with Gasteiger partial charge in [0.15, 0.2) is 5.78 Å². The van der Waals surface area contributed by atoms with Crippen molar-refractivity contribution in [1.29, 1.82) is 0 Å². The zero-order valence-corrected chi connectivity index (χ0v) is 22.8. The number of hydrogen-bond donors (Lipinski definition) is 2. The third-order valence-electron chi connectivity index (χ3n) is 6.24. The Kier molecular flexibility index (Phi) is 13.2. The lowest BCUT2D eigenvalue weighted by Gasteiger charge is -2.30. The molecule has 0 spiro atoms. The number of Topliss-reactive ketones (excluding diaryl/α,β-unsaturated/α-hetero) is 1. The van der Waals surface area contributed by atoms with Crippen molar-refractivity contribution < 1.29 is 14.3 Å². The van der Waals surface area contributed by atoms with Crippen molar-refractivity contribution in [1.82, 2.24) is 15.5 Å².